The molecule has 22 heavy (non-hydrogen) atoms. The Balaban J connectivity index is 2.85. The van der Waals surface area contributed by atoms with Crippen LogP contribution in [-0.2, 0) is 9.53 Å². The summed E-state index contributed by atoms with van der Waals surface area (Å²) in [6.07, 6.45) is -1.95. The lowest BCUT2D eigenvalue weighted by molar-refractivity contribution is -0.109. The fourth-order valence-corrected chi connectivity index (χ4v) is 2.54. The van der Waals surface area contributed by atoms with Gasteiger partial charge in [0.1, 0.15) is 11.9 Å². The highest BCUT2D eigenvalue weighted by molar-refractivity contribution is 8.13. The Kier molecular flexibility index (Phi) is 7.37. The van der Waals surface area contributed by atoms with E-state index in [9.17, 15) is 19.8 Å². The van der Waals surface area contributed by atoms with Crippen molar-refractivity contribution >= 4 is 22.8 Å². The number of carbonyl (C=O) groups is 2. The topological polar surface area (TPSA) is 93.1 Å². The number of methoxy groups -OCH3 is 2. The monoisotopic (exact) mass is 328 g/mol. The number of ether oxygens (including phenoxy) is 2. The molecule has 0 bridgehead atoms. The zero-order chi connectivity index (χ0) is 16.7. The summed E-state index contributed by atoms with van der Waals surface area (Å²) in [6.45, 7) is 1.45. The molecule has 0 heterocycles. The Morgan fingerprint density at radius 1 is 1.27 bits per heavy atom. The fraction of sp³-hybridized carbons (Fsp3) is 0.467. The summed E-state index contributed by atoms with van der Waals surface area (Å²) < 4.78 is 9.77. The van der Waals surface area contributed by atoms with Crippen LogP contribution in [0.5, 0.6) is 5.75 Å². The highest BCUT2D eigenvalue weighted by atomic mass is 32.2. The molecule has 7 heteroatoms. The number of aliphatic hydroxyl groups is 2. The molecule has 2 N–H and O–H groups in total. The van der Waals surface area contributed by atoms with Gasteiger partial charge in [0.2, 0.25) is 0 Å². The van der Waals surface area contributed by atoms with Gasteiger partial charge in [0, 0.05) is 18.2 Å². The van der Waals surface area contributed by atoms with Crippen molar-refractivity contribution in [3.63, 3.8) is 0 Å². The van der Waals surface area contributed by atoms with Gasteiger partial charge in [0.05, 0.1) is 25.9 Å². The smallest absolute Gasteiger partial charge is 0.337 e. The summed E-state index contributed by atoms with van der Waals surface area (Å²) in [7, 11) is 2.68. The first-order valence-corrected chi connectivity index (χ1v) is 7.65. The summed E-state index contributed by atoms with van der Waals surface area (Å²) >= 11 is 1.09. The first kappa shape index (κ1) is 18.5. The van der Waals surface area contributed by atoms with Crippen LogP contribution in [0, 0.1) is 0 Å². The Morgan fingerprint density at radius 3 is 2.50 bits per heavy atom. The van der Waals surface area contributed by atoms with Crippen LogP contribution in [0.25, 0.3) is 0 Å². The molecule has 0 saturated carbocycles. The molecule has 0 aromatic heterocycles. The van der Waals surface area contributed by atoms with E-state index in [2.05, 4.69) is 4.74 Å². The molecule has 2 atom stereocenters. The SMILES string of the molecule is COC(=O)c1ccc(C(O)C(O)CCSC(C)=O)c(OC)c1. The minimum atomic E-state index is -1.17. The van der Waals surface area contributed by atoms with Gasteiger partial charge in [-0.3, -0.25) is 4.79 Å². The molecule has 0 fully saturated rings. The van der Waals surface area contributed by atoms with Gasteiger partial charge >= 0.3 is 5.97 Å². The van der Waals surface area contributed by atoms with E-state index in [1.807, 2.05) is 0 Å². The Hall–Kier alpha value is -1.57. The predicted molar refractivity (Wildman–Crippen MR) is 83.1 cm³/mol. The molecule has 122 valence electrons. The van der Waals surface area contributed by atoms with Crippen molar-refractivity contribution in [2.75, 3.05) is 20.0 Å². The Morgan fingerprint density at radius 2 is 1.95 bits per heavy atom. The molecule has 0 saturated heterocycles. The summed E-state index contributed by atoms with van der Waals surface area (Å²) in [4.78, 5) is 22.3. The molecule has 2 unspecified atom stereocenters. The van der Waals surface area contributed by atoms with Crippen LogP contribution in [0.15, 0.2) is 18.2 Å². The molecular weight excluding hydrogens is 308 g/mol. The molecule has 1 rings (SSSR count). The maximum atomic E-state index is 11.5. The van der Waals surface area contributed by atoms with Gasteiger partial charge in [-0.15, -0.1) is 0 Å². The van der Waals surface area contributed by atoms with Gasteiger partial charge in [-0.2, -0.15) is 0 Å². The fourth-order valence-electron chi connectivity index (χ4n) is 1.89. The number of rotatable bonds is 7. The molecule has 0 radical (unpaired) electrons. The van der Waals surface area contributed by atoms with Crippen LogP contribution < -0.4 is 4.74 Å². The first-order valence-electron chi connectivity index (χ1n) is 6.66. The van der Waals surface area contributed by atoms with Crippen LogP contribution in [0.2, 0.25) is 0 Å². The van der Waals surface area contributed by atoms with Crippen LogP contribution >= 0.6 is 11.8 Å². The molecular formula is C15H20O6S. The summed E-state index contributed by atoms with van der Waals surface area (Å²) in [6, 6.07) is 4.45. The third kappa shape index (κ3) is 5.01. The summed E-state index contributed by atoms with van der Waals surface area (Å²) in [5.74, 6) is 0.183. The predicted octanol–water partition coefficient (Wildman–Crippen LogP) is 1.55. The lowest BCUT2D eigenvalue weighted by atomic mass is 10.00. The van der Waals surface area contributed by atoms with Crippen molar-refractivity contribution in [1.29, 1.82) is 0 Å². The van der Waals surface area contributed by atoms with E-state index in [1.54, 1.807) is 0 Å². The van der Waals surface area contributed by atoms with Crippen LogP contribution in [-0.4, -0.2) is 47.4 Å². The zero-order valence-electron chi connectivity index (χ0n) is 12.7. The molecule has 1 aromatic carbocycles. The highest BCUT2D eigenvalue weighted by Crippen LogP contribution is 2.30. The molecule has 0 aliphatic heterocycles. The Labute approximate surface area is 133 Å². The molecule has 1 aromatic rings. The van der Waals surface area contributed by atoms with Crippen molar-refractivity contribution in [1.82, 2.24) is 0 Å². The normalized spacial score (nSPS) is 13.3. The van der Waals surface area contributed by atoms with Crippen molar-refractivity contribution in [2.45, 2.75) is 25.6 Å². The molecule has 0 aliphatic carbocycles. The van der Waals surface area contributed by atoms with Gasteiger partial charge in [-0.25, -0.2) is 4.79 Å². The van der Waals surface area contributed by atoms with Gasteiger partial charge in [0.25, 0.3) is 0 Å². The van der Waals surface area contributed by atoms with E-state index < -0.39 is 18.2 Å². The van der Waals surface area contributed by atoms with E-state index in [-0.39, 0.29) is 22.8 Å². The van der Waals surface area contributed by atoms with E-state index in [1.165, 1.54) is 39.3 Å². The number of carbonyl (C=O) groups excluding carboxylic acids is 2. The molecule has 0 spiro atoms. The molecule has 6 nitrogen and oxygen atoms in total. The molecule has 0 aliphatic rings. The van der Waals surface area contributed by atoms with Gasteiger partial charge in [0.15, 0.2) is 5.12 Å². The van der Waals surface area contributed by atoms with E-state index in [4.69, 9.17) is 4.74 Å². The first-order chi connectivity index (χ1) is 10.4. The zero-order valence-corrected chi connectivity index (χ0v) is 13.6. The van der Waals surface area contributed by atoms with Crippen molar-refractivity contribution in [2.24, 2.45) is 0 Å². The third-order valence-electron chi connectivity index (χ3n) is 3.06. The average Bonchev–Trinajstić information content (AvgIpc) is 2.52. The van der Waals surface area contributed by atoms with Gasteiger partial charge in [-0.1, -0.05) is 17.8 Å². The van der Waals surface area contributed by atoms with Crippen LogP contribution in [0.1, 0.15) is 35.4 Å². The largest absolute Gasteiger partial charge is 0.496 e. The highest BCUT2D eigenvalue weighted by Gasteiger charge is 2.23. The summed E-state index contributed by atoms with van der Waals surface area (Å²) in [5.41, 5.74) is 0.660. The maximum Gasteiger partial charge on any atom is 0.337 e. The number of esters is 1. The van der Waals surface area contributed by atoms with Crippen molar-refractivity contribution < 1.29 is 29.3 Å². The second kappa shape index (κ2) is 8.77. The van der Waals surface area contributed by atoms with E-state index in [0.717, 1.165) is 11.8 Å². The number of hydrogen-bond donors (Lipinski definition) is 2. The number of aliphatic hydroxyl groups excluding tert-OH is 2. The van der Waals surface area contributed by atoms with Crippen LogP contribution in [0.3, 0.4) is 0 Å². The molecule has 0 amide bonds. The van der Waals surface area contributed by atoms with Crippen molar-refractivity contribution in [3.05, 3.63) is 29.3 Å². The van der Waals surface area contributed by atoms with Gasteiger partial charge in [-0.05, 0) is 18.6 Å². The third-order valence-corrected chi connectivity index (χ3v) is 3.90. The number of thioether (sulfide) groups is 1. The Bertz CT molecular complexity index is 531. The number of benzene rings is 1. The minimum absolute atomic E-state index is 0.0401. The second-order valence-corrected chi connectivity index (χ2v) is 5.86. The van der Waals surface area contributed by atoms with Gasteiger partial charge < -0.3 is 19.7 Å². The van der Waals surface area contributed by atoms with E-state index in [0.29, 0.717) is 11.3 Å². The van der Waals surface area contributed by atoms with Crippen LogP contribution in [0.4, 0.5) is 0 Å². The van der Waals surface area contributed by atoms with Crippen molar-refractivity contribution in [3.8, 4) is 5.75 Å². The lowest BCUT2D eigenvalue weighted by Crippen LogP contribution is -2.20. The lowest BCUT2D eigenvalue weighted by Gasteiger charge is -2.20. The minimum Gasteiger partial charge on any atom is -0.496 e. The maximum absolute atomic E-state index is 11.5. The quantitative estimate of drug-likeness (QED) is 0.733. The van der Waals surface area contributed by atoms with E-state index >= 15 is 0 Å². The number of hydrogen-bond acceptors (Lipinski definition) is 7. The second-order valence-electron chi connectivity index (χ2n) is 4.59. The standard InChI is InChI=1S/C15H20O6S/c1-9(16)22-7-6-12(17)14(18)11-5-4-10(15(19)21-3)8-13(11)20-2/h4-5,8,12,14,17-18H,6-7H2,1-3H3. The summed E-state index contributed by atoms with van der Waals surface area (Å²) in [5, 5.41) is 20.2. The average molecular weight is 328 g/mol.